The Balaban J connectivity index is 0.000000494. The lowest BCUT2D eigenvalue weighted by Crippen LogP contribution is -2.29. The number of ether oxygens (including phenoxy) is 2. The lowest BCUT2D eigenvalue weighted by Gasteiger charge is -2.14. The zero-order chi connectivity index (χ0) is 14.0. The fourth-order valence-electron chi connectivity index (χ4n) is 1.26. The van der Waals surface area contributed by atoms with Crippen molar-refractivity contribution >= 4 is 17.8 Å². The van der Waals surface area contributed by atoms with Crippen molar-refractivity contribution in [3.63, 3.8) is 0 Å². The third-order valence-corrected chi connectivity index (χ3v) is 2.23. The second kappa shape index (κ2) is 9.21. The number of esters is 2. The van der Waals surface area contributed by atoms with E-state index in [4.69, 9.17) is 4.74 Å². The number of nitrogens with zero attached hydrogens (tertiary/aromatic N) is 1. The average Bonchev–Trinajstić information content (AvgIpc) is 2.75. The Morgan fingerprint density at radius 3 is 2.50 bits per heavy atom. The largest absolute Gasteiger partial charge is 0.469 e. The molecule has 6 nitrogen and oxygen atoms in total. The van der Waals surface area contributed by atoms with Crippen LogP contribution in [0, 0.1) is 0 Å². The topological polar surface area (TPSA) is 72.9 Å². The van der Waals surface area contributed by atoms with Gasteiger partial charge in [-0.15, -0.1) is 0 Å². The minimum absolute atomic E-state index is 0.148. The van der Waals surface area contributed by atoms with Crippen LogP contribution < -0.4 is 0 Å². The molecule has 1 aliphatic rings. The summed E-state index contributed by atoms with van der Waals surface area (Å²) in [6.45, 7) is 6.17. The van der Waals surface area contributed by atoms with Crippen molar-refractivity contribution < 1.29 is 23.9 Å². The van der Waals surface area contributed by atoms with Crippen LogP contribution in [-0.2, 0) is 23.9 Å². The molecule has 0 bridgehead atoms. The monoisotopic (exact) mass is 257 g/mol. The molecule has 0 aromatic heterocycles. The number of carbonyl (C=O) groups is 3. The molecular formula is C12H19NO5. The van der Waals surface area contributed by atoms with Crippen LogP contribution in [0.4, 0.5) is 0 Å². The molecule has 0 radical (unpaired) electrons. The van der Waals surface area contributed by atoms with E-state index in [0.29, 0.717) is 13.0 Å². The predicted molar refractivity (Wildman–Crippen MR) is 64.7 cm³/mol. The fourth-order valence-corrected chi connectivity index (χ4v) is 1.26. The van der Waals surface area contributed by atoms with Crippen LogP contribution in [0.2, 0.25) is 0 Å². The van der Waals surface area contributed by atoms with E-state index >= 15 is 0 Å². The molecule has 102 valence electrons. The van der Waals surface area contributed by atoms with Gasteiger partial charge in [0.05, 0.1) is 13.7 Å². The van der Waals surface area contributed by atoms with E-state index in [2.05, 4.69) is 11.3 Å². The maximum atomic E-state index is 11.1. The summed E-state index contributed by atoms with van der Waals surface area (Å²) in [6, 6.07) is 0. The lowest BCUT2D eigenvalue weighted by atomic mass is 10.4. The predicted octanol–water partition coefficient (Wildman–Crippen LogP) is 0.517. The van der Waals surface area contributed by atoms with E-state index < -0.39 is 5.97 Å². The zero-order valence-corrected chi connectivity index (χ0v) is 10.8. The van der Waals surface area contributed by atoms with Gasteiger partial charge in [-0.05, 0) is 6.42 Å². The summed E-state index contributed by atoms with van der Waals surface area (Å²) in [5, 5.41) is 0. The van der Waals surface area contributed by atoms with Crippen LogP contribution in [0.1, 0.15) is 19.8 Å². The van der Waals surface area contributed by atoms with E-state index in [0.717, 1.165) is 19.0 Å². The minimum atomic E-state index is -0.438. The van der Waals surface area contributed by atoms with E-state index in [9.17, 15) is 14.4 Å². The summed E-state index contributed by atoms with van der Waals surface area (Å²) in [4.78, 5) is 33.0. The highest BCUT2D eigenvalue weighted by Gasteiger charge is 2.19. The molecule has 18 heavy (non-hydrogen) atoms. The van der Waals surface area contributed by atoms with Crippen LogP contribution in [0.15, 0.2) is 12.7 Å². The standard InChI is InChI=1S/C9H13NO3.C3H6O2/c1-2-9(12)13-7-6-10-5-3-4-8(10)11;1-3(4)5-2/h2H,1,3-7H2;1-2H3. The third kappa shape index (κ3) is 7.43. The molecule has 0 spiro atoms. The van der Waals surface area contributed by atoms with E-state index in [1.54, 1.807) is 4.90 Å². The van der Waals surface area contributed by atoms with Gasteiger partial charge in [-0.3, -0.25) is 9.59 Å². The minimum Gasteiger partial charge on any atom is -0.469 e. The molecule has 1 amide bonds. The van der Waals surface area contributed by atoms with Crippen LogP contribution in [0.5, 0.6) is 0 Å². The Bertz CT molecular complexity index is 314. The first kappa shape index (κ1) is 16.1. The quantitative estimate of drug-likeness (QED) is 0.542. The summed E-state index contributed by atoms with van der Waals surface area (Å²) >= 11 is 0. The van der Waals surface area contributed by atoms with E-state index in [-0.39, 0.29) is 18.5 Å². The first-order chi connectivity index (χ1) is 8.51. The number of carbonyl (C=O) groups excluding carboxylic acids is 3. The average molecular weight is 257 g/mol. The summed E-state index contributed by atoms with van der Waals surface area (Å²) in [5.74, 6) is -0.536. The van der Waals surface area contributed by atoms with Gasteiger partial charge in [0.2, 0.25) is 5.91 Å². The van der Waals surface area contributed by atoms with Crippen molar-refractivity contribution in [2.24, 2.45) is 0 Å². The Labute approximate surface area is 107 Å². The molecule has 0 aromatic rings. The Hall–Kier alpha value is -1.85. The van der Waals surface area contributed by atoms with Crippen molar-refractivity contribution in [2.75, 3.05) is 26.8 Å². The summed E-state index contributed by atoms with van der Waals surface area (Å²) < 4.78 is 8.86. The molecule has 0 aliphatic carbocycles. The maximum Gasteiger partial charge on any atom is 0.330 e. The number of rotatable bonds is 4. The first-order valence-electron chi connectivity index (χ1n) is 5.62. The molecule has 1 saturated heterocycles. The smallest absolute Gasteiger partial charge is 0.330 e. The Morgan fingerprint density at radius 2 is 2.11 bits per heavy atom. The molecule has 1 aliphatic heterocycles. The van der Waals surface area contributed by atoms with E-state index in [1.807, 2.05) is 0 Å². The zero-order valence-electron chi connectivity index (χ0n) is 10.8. The molecule has 6 heteroatoms. The summed E-state index contributed by atoms with van der Waals surface area (Å²) in [6.07, 6.45) is 2.65. The van der Waals surface area contributed by atoms with Crippen molar-refractivity contribution in [2.45, 2.75) is 19.8 Å². The Morgan fingerprint density at radius 1 is 1.50 bits per heavy atom. The summed E-state index contributed by atoms with van der Waals surface area (Å²) in [5.41, 5.74) is 0. The van der Waals surface area contributed by atoms with Gasteiger partial charge >= 0.3 is 11.9 Å². The third-order valence-electron chi connectivity index (χ3n) is 2.23. The molecular weight excluding hydrogens is 238 g/mol. The number of hydrogen-bond acceptors (Lipinski definition) is 5. The van der Waals surface area contributed by atoms with E-state index in [1.165, 1.54) is 14.0 Å². The molecule has 1 heterocycles. The van der Waals surface area contributed by atoms with Gasteiger partial charge < -0.3 is 14.4 Å². The second-order valence-electron chi connectivity index (χ2n) is 3.55. The normalized spacial score (nSPS) is 13.4. The van der Waals surface area contributed by atoms with Crippen LogP contribution in [0.25, 0.3) is 0 Å². The van der Waals surface area contributed by atoms with Gasteiger partial charge in [0.25, 0.3) is 0 Å². The molecule has 1 rings (SSSR count). The SMILES string of the molecule is C=CC(=O)OCCN1CCCC1=O.COC(C)=O. The highest BCUT2D eigenvalue weighted by atomic mass is 16.5. The second-order valence-corrected chi connectivity index (χ2v) is 3.55. The molecule has 0 N–H and O–H groups in total. The van der Waals surface area contributed by atoms with Crippen molar-refractivity contribution in [1.82, 2.24) is 4.90 Å². The maximum absolute atomic E-state index is 11.1. The highest BCUT2D eigenvalue weighted by molar-refractivity contribution is 5.81. The van der Waals surface area contributed by atoms with Crippen LogP contribution >= 0.6 is 0 Å². The number of methoxy groups -OCH3 is 1. The molecule has 1 fully saturated rings. The molecule has 0 saturated carbocycles. The lowest BCUT2D eigenvalue weighted by molar-refractivity contribution is -0.140. The number of likely N-dealkylation sites (tertiary alicyclic amines) is 1. The molecule has 0 unspecified atom stereocenters. The number of amides is 1. The highest BCUT2D eigenvalue weighted by Crippen LogP contribution is 2.08. The molecule has 0 atom stereocenters. The van der Waals surface area contributed by atoms with Gasteiger partial charge in [-0.25, -0.2) is 4.79 Å². The van der Waals surface area contributed by atoms with Gasteiger partial charge in [-0.1, -0.05) is 6.58 Å². The summed E-state index contributed by atoms with van der Waals surface area (Å²) in [7, 11) is 1.35. The van der Waals surface area contributed by atoms with Gasteiger partial charge in [0.15, 0.2) is 0 Å². The Kier molecular flexibility index (Phi) is 8.26. The van der Waals surface area contributed by atoms with Crippen molar-refractivity contribution in [3.8, 4) is 0 Å². The van der Waals surface area contributed by atoms with Crippen molar-refractivity contribution in [1.29, 1.82) is 0 Å². The first-order valence-corrected chi connectivity index (χ1v) is 5.62. The van der Waals surface area contributed by atoms with Crippen LogP contribution in [-0.4, -0.2) is 49.6 Å². The molecule has 0 aromatic carbocycles. The van der Waals surface area contributed by atoms with Crippen molar-refractivity contribution in [3.05, 3.63) is 12.7 Å². The van der Waals surface area contributed by atoms with Gasteiger partial charge in [-0.2, -0.15) is 0 Å². The van der Waals surface area contributed by atoms with Gasteiger partial charge in [0.1, 0.15) is 6.61 Å². The van der Waals surface area contributed by atoms with Crippen LogP contribution in [0.3, 0.4) is 0 Å². The fraction of sp³-hybridized carbons (Fsp3) is 0.583. The van der Waals surface area contributed by atoms with Gasteiger partial charge in [0, 0.05) is 26.0 Å². The number of hydrogen-bond donors (Lipinski definition) is 0.